The van der Waals surface area contributed by atoms with Crippen LogP contribution in [0.1, 0.15) is 47.1 Å². The smallest absolute Gasteiger partial charge is 0.333 e. The van der Waals surface area contributed by atoms with Crippen molar-refractivity contribution in [1.29, 1.82) is 0 Å². The maximum atomic E-state index is 13.7. The maximum Gasteiger partial charge on any atom is 0.333 e. The Balaban J connectivity index is 2.63. The number of methoxy groups -OCH3 is 1. The second-order valence-corrected chi connectivity index (χ2v) is 11.1. The van der Waals surface area contributed by atoms with Crippen LogP contribution in [0.2, 0.25) is 0 Å². The first kappa shape index (κ1) is 29.5. The molecule has 1 amide bonds. The van der Waals surface area contributed by atoms with E-state index in [4.69, 9.17) is 18.9 Å². The first-order valence-corrected chi connectivity index (χ1v) is 13.0. The van der Waals surface area contributed by atoms with Gasteiger partial charge in [0, 0.05) is 17.0 Å². The average molecular weight is 524 g/mol. The van der Waals surface area contributed by atoms with Gasteiger partial charge in [-0.05, 0) is 38.5 Å². The van der Waals surface area contributed by atoms with Crippen molar-refractivity contribution in [1.82, 2.24) is 4.90 Å². The van der Waals surface area contributed by atoms with Crippen LogP contribution >= 0.6 is 11.8 Å². The van der Waals surface area contributed by atoms with Gasteiger partial charge in [-0.1, -0.05) is 32.9 Å². The van der Waals surface area contributed by atoms with Gasteiger partial charge in [-0.15, -0.1) is 0 Å². The van der Waals surface area contributed by atoms with E-state index in [2.05, 4.69) is 0 Å². The molecule has 1 saturated heterocycles. The van der Waals surface area contributed by atoms with Gasteiger partial charge in [-0.25, -0.2) is 4.79 Å². The van der Waals surface area contributed by atoms with E-state index in [1.54, 1.807) is 52.1 Å². The molecule has 0 aromatic heterocycles. The van der Waals surface area contributed by atoms with Crippen molar-refractivity contribution in [3.8, 4) is 5.75 Å². The van der Waals surface area contributed by atoms with E-state index in [-0.39, 0.29) is 36.9 Å². The highest BCUT2D eigenvalue weighted by Crippen LogP contribution is 2.49. The fourth-order valence-corrected chi connectivity index (χ4v) is 5.21. The lowest BCUT2D eigenvalue weighted by atomic mass is 9.67. The van der Waals surface area contributed by atoms with E-state index in [9.17, 15) is 19.2 Å². The third-order valence-corrected chi connectivity index (χ3v) is 7.25. The molecule has 1 heterocycles. The van der Waals surface area contributed by atoms with Crippen molar-refractivity contribution >= 4 is 35.6 Å². The lowest BCUT2D eigenvalue weighted by molar-refractivity contribution is -0.201. The topological polar surface area (TPSA) is 108 Å². The quantitative estimate of drug-likeness (QED) is 0.177. The predicted octanol–water partition coefficient (Wildman–Crippen LogP) is 3.23. The van der Waals surface area contributed by atoms with Crippen LogP contribution in [0.3, 0.4) is 0 Å². The zero-order valence-corrected chi connectivity index (χ0v) is 22.9. The fourth-order valence-electron chi connectivity index (χ4n) is 4.10. The van der Waals surface area contributed by atoms with Crippen molar-refractivity contribution < 1.29 is 38.1 Å². The van der Waals surface area contributed by atoms with Gasteiger partial charge in [0.2, 0.25) is 5.91 Å². The van der Waals surface area contributed by atoms with Crippen LogP contribution < -0.4 is 4.74 Å². The SMILES string of the molecule is CCOC(=O)C(C(=O)OCC)[C@@H]1C(=O)N(Cc2ccc(OC)cc2)[C@]1(CSC(C)(C)C)C(=O)OCC. The molecule has 0 radical (unpaired) electrons. The van der Waals surface area contributed by atoms with E-state index in [1.165, 1.54) is 16.7 Å². The number of β-lactam (4-membered cyclic amide) rings is 1. The first-order chi connectivity index (χ1) is 17.0. The van der Waals surface area contributed by atoms with Gasteiger partial charge in [0.15, 0.2) is 11.5 Å². The number of ether oxygens (including phenoxy) is 4. The molecular weight excluding hydrogens is 486 g/mol. The van der Waals surface area contributed by atoms with Gasteiger partial charge in [0.25, 0.3) is 0 Å². The molecule has 10 heteroatoms. The second-order valence-electron chi connectivity index (χ2n) is 9.28. The molecule has 0 spiro atoms. The first-order valence-electron chi connectivity index (χ1n) is 12.1. The van der Waals surface area contributed by atoms with Crippen LogP contribution in [0.15, 0.2) is 24.3 Å². The van der Waals surface area contributed by atoms with Crippen LogP contribution in [0, 0.1) is 11.8 Å². The summed E-state index contributed by atoms with van der Waals surface area (Å²) in [6.45, 7) is 11.0. The number of benzene rings is 1. The van der Waals surface area contributed by atoms with Gasteiger partial charge >= 0.3 is 17.9 Å². The third kappa shape index (κ3) is 6.32. The summed E-state index contributed by atoms with van der Waals surface area (Å²) in [4.78, 5) is 54.7. The number of likely N-dealkylation sites (tertiary alicyclic amines) is 1. The predicted molar refractivity (Wildman–Crippen MR) is 135 cm³/mol. The monoisotopic (exact) mass is 523 g/mol. The van der Waals surface area contributed by atoms with Gasteiger partial charge in [0.05, 0.1) is 32.8 Å². The minimum atomic E-state index is -1.59. The van der Waals surface area contributed by atoms with Gasteiger partial charge in [0.1, 0.15) is 5.75 Å². The Hall–Kier alpha value is -2.75. The largest absolute Gasteiger partial charge is 0.497 e. The second kappa shape index (κ2) is 12.5. The minimum absolute atomic E-state index is 0.00829. The molecule has 1 aromatic carbocycles. The Labute approximate surface area is 217 Å². The van der Waals surface area contributed by atoms with Gasteiger partial charge in [-0.2, -0.15) is 11.8 Å². The summed E-state index contributed by atoms with van der Waals surface area (Å²) in [5.74, 6) is -5.11. The van der Waals surface area contributed by atoms with Crippen molar-refractivity contribution in [2.45, 2.75) is 58.4 Å². The van der Waals surface area contributed by atoms with Gasteiger partial charge in [-0.3, -0.25) is 14.4 Å². The van der Waals surface area contributed by atoms with Crippen molar-refractivity contribution in [3.05, 3.63) is 29.8 Å². The van der Waals surface area contributed by atoms with Crippen LogP contribution in [0.5, 0.6) is 5.75 Å². The Morgan fingerprint density at radius 3 is 1.94 bits per heavy atom. The van der Waals surface area contributed by atoms with E-state index in [1.807, 2.05) is 20.8 Å². The Kier molecular flexibility index (Phi) is 10.2. The number of amides is 1. The summed E-state index contributed by atoms with van der Waals surface area (Å²) in [5, 5.41) is 0. The summed E-state index contributed by atoms with van der Waals surface area (Å²) in [5.41, 5.74) is -0.823. The number of nitrogens with zero attached hydrogens (tertiary/aromatic N) is 1. The minimum Gasteiger partial charge on any atom is -0.497 e. The molecular formula is C26H37NO8S. The molecule has 1 aliphatic rings. The van der Waals surface area contributed by atoms with E-state index in [0.717, 1.165) is 5.56 Å². The molecule has 1 aliphatic heterocycles. The van der Waals surface area contributed by atoms with Crippen molar-refractivity contribution in [2.75, 3.05) is 32.7 Å². The molecule has 0 saturated carbocycles. The van der Waals surface area contributed by atoms with Crippen molar-refractivity contribution in [2.24, 2.45) is 11.8 Å². The van der Waals surface area contributed by atoms with Crippen LogP contribution in [0.25, 0.3) is 0 Å². The highest BCUT2D eigenvalue weighted by Gasteiger charge is 2.70. The molecule has 2 atom stereocenters. The standard InChI is InChI=1S/C26H37NO8S/c1-8-33-22(29)19(23(30)34-9-2)20-21(28)27(15-17-11-13-18(32-7)14-12-17)26(20,24(31)35-10-3)16-36-25(4,5)6/h11-14,19-20H,8-10,15-16H2,1-7H3/t20-,26+/m1/s1. The van der Waals surface area contributed by atoms with E-state index >= 15 is 0 Å². The number of thioether (sulfide) groups is 1. The van der Waals surface area contributed by atoms with Crippen LogP contribution in [-0.4, -0.2) is 71.7 Å². The number of carbonyl (C=O) groups is 4. The highest BCUT2D eigenvalue weighted by atomic mass is 32.2. The molecule has 2 rings (SSSR count). The Bertz CT molecular complexity index is 924. The lowest BCUT2D eigenvalue weighted by Gasteiger charge is -2.56. The fraction of sp³-hybridized carbons (Fsp3) is 0.615. The number of esters is 3. The summed E-state index contributed by atoms with van der Waals surface area (Å²) in [6, 6.07) is 7.10. The van der Waals surface area contributed by atoms with E-state index in [0.29, 0.717) is 5.75 Å². The molecule has 0 N–H and O–H groups in total. The summed E-state index contributed by atoms with van der Waals surface area (Å²) >= 11 is 1.45. The Morgan fingerprint density at radius 2 is 1.50 bits per heavy atom. The van der Waals surface area contributed by atoms with Crippen LogP contribution in [0.4, 0.5) is 0 Å². The molecule has 200 valence electrons. The zero-order chi connectivity index (χ0) is 27.1. The Morgan fingerprint density at radius 1 is 0.972 bits per heavy atom. The van der Waals surface area contributed by atoms with E-state index < -0.39 is 41.2 Å². The summed E-state index contributed by atoms with van der Waals surface area (Å²) in [6.07, 6.45) is 0. The molecule has 9 nitrogen and oxygen atoms in total. The molecule has 0 aliphatic carbocycles. The normalized spacial score (nSPS) is 19.5. The van der Waals surface area contributed by atoms with Crippen molar-refractivity contribution in [3.63, 3.8) is 0 Å². The molecule has 0 unspecified atom stereocenters. The molecule has 1 aromatic rings. The van der Waals surface area contributed by atoms with Gasteiger partial charge < -0.3 is 23.8 Å². The summed E-state index contributed by atoms with van der Waals surface area (Å²) in [7, 11) is 1.55. The lowest BCUT2D eigenvalue weighted by Crippen LogP contribution is -2.78. The maximum absolute atomic E-state index is 13.7. The number of carbonyl (C=O) groups excluding carboxylic acids is 4. The number of rotatable bonds is 12. The zero-order valence-electron chi connectivity index (χ0n) is 22.1. The number of hydrogen-bond acceptors (Lipinski definition) is 9. The molecule has 1 fully saturated rings. The third-order valence-electron chi connectivity index (χ3n) is 5.80. The van der Waals surface area contributed by atoms with Crippen LogP contribution in [-0.2, 0) is 39.9 Å². The molecule has 36 heavy (non-hydrogen) atoms. The highest BCUT2D eigenvalue weighted by molar-refractivity contribution is 8.00. The average Bonchev–Trinajstić information content (AvgIpc) is 2.82. The summed E-state index contributed by atoms with van der Waals surface area (Å²) < 4.78 is 20.7. The number of hydrogen-bond donors (Lipinski definition) is 0. The molecule has 0 bridgehead atoms.